The van der Waals surface area contributed by atoms with Crippen LogP contribution in [0.5, 0.6) is 11.5 Å². The largest absolute Gasteiger partial charge is 0.510 e. The predicted molar refractivity (Wildman–Crippen MR) is 48.8 cm³/mol. The summed E-state index contributed by atoms with van der Waals surface area (Å²) in [5.41, 5.74) is -1.91. The topological polar surface area (TPSA) is 46.5 Å². The van der Waals surface area contributed by atoms with Crippen molar-refractivity contribution in [3.8, 4) is 11.5 Å². The van der Waals surface area contributed by atoms with Crippen LogP contribution in [0, 0.1) is 0 Å². The fraction of sp³-hybridized carbons (Fsp3) is 0.125. The fourth-order valence-electron chi connectivity index (χ4n) is 1.18. The van der Waals surface area contributed by atoms with Crippen molar-refractivity contribution in [1.29, 1.82) is 0 Å². The van der Waals surface area contributed by atoms with Gasteiger partial charge in [0.25, 0.3) is 0 Å². The van der Waals surface area contributed by atoms with Crippen molar-refractivity contribution in [2.24, 2.45) is 0 Å². The Kier molecular flexibility index (Phi) is 2.92. The standard InChI is InChI=1S/C8H7BF3O3/c1-15-7-3-2-6(9(10,11)12)5(4-13)8(7)14/h2-4,14H,1H3/q-1. The highest BCUT2D eigenvalue weighted by Crippen LogP contribution is 2.29. The van der Waals surface area contributed by atoms with Crippen molar-refractivity contribution >= 4 is 18.7 Å². The molecule has 1 aromatic rings. The van der Waals surface area contributed by atoms with Gasteiger partial charge in [0.1, 0.15) is 0 Å². The van der Waals surface area contributed by atoms with E-state index in [-0.39, 0.29) is 12.0 Å². The van der Waals surface area contributed by atoms with Gasteiger partial charge in [-0.15, -0.1) is 0 Å². The molecule has 0 aliphatic heterocycles. The molecule has 0 aliphatic carbocycles. The SMILES string of the molecule is COc1ccc([B-](F)(F)F)c(C=O)c1O. The molecule has 0 bridgehead atoms. The van der Waals surface area contributed by atoms with Crippen molar-refractivity contribution in [2.45, 2.75) is 0 Å². The molecule has 0 fully saturated rings. The summed E-state index contributed by atoms with van der Waals surface area (Å²) in [6.07, 6.45) is -0.0393. The Bertz CT molecular complexity index is 389. The zero-order chi connectivity index (χ0) is 11.6. The minimum atomic E-state index is -5.33. The van der Waals surface area contributed by atoms with E-state index in [1.54, 1.807) is 0 Å². The highest BCUT2D eigenvalue weighted by Gasteiger charge is 2.30. The molecule has 0 unspecified atom stereocenters. The van der Waals surface area contributed by atoms with Crippen LogP contribution in [0.2, 0.25) is 0 Å². The van der Waals surface area contributed by atoms with Gasteiger partial charge >= 0.3 is 6.98 Å². The number of ether oxygens (including phenoxy) is 1. The van der Waals surface area contributed by atoms with Crippen LogP contribution < -0.4 is 10.2 Å². The number of carbonyl (C=O) groups excluding carboxylic acids is 1. The Morgan fingerprint density at radius 2 is 2.00 bits per heavy atom. The van der Waals surface area contributed by atoms with E-state index in [0.717, 1.165) is 6.07 Å². The van der Waals surface area contributed by atoms with Gasteiger partial charge in [-0.3, -0.25) is 4.79 Å². The lowest BCUT2D eigenvalue weighted by Crippen LogP contribution is -2.36. The van der Waals surface area contributed by atoms with Crippen molar-refractivity contribution in [2.75, 3.05) is 7.11 Å². The molecule has 82 valence electrons. The molecule has 0 amide bonds. The number of benzene rings is 1. The number of methoxy groups -OCH3 is 1. The summed E-state index contributed by atoms with van der Waals surface area (Å²) in [5.74, 6) is -0.954. The molecule has 1 N–H and O–H groups in total. The summed E-state index contributed by atoms with van der Waals surface area (Å²) < 4.78 is 41.8. The summed E-state index contributed by atoms with van der Waals surface area (Å²) in [6, 6.07) is 1.68. The van der Waals surface area contributed by atoms with Gasteiger partial charge in [-0.1, -0.05) is 11.5 Å². The van der Waals surface area contributed by atoms with Crippen molar-refractivity contribution in [3.63, 3.8) is 0 Å². The molecular formula is C8H7BF3O3-. The molecule has 0 aromatic heterocycles. The van der Waals surface area contributed by atoms with Gasteiger partial charge in [0, 0.05) is 5.56 Å². The fourth-order valence-corrected chi connectivity index (χ4v) is 1.18. The lowest BCUT2D eigenvalue weighted by molar-refractivity contribution is 0.112. The Morgan fingerprint density at radius 1 is 1.40 bits per heavy atom. The van der Waals surface area contributed by atoms with Gasteiger partial charge < -0.3 is 22.8 Å². The summed E-state index contributed by atoms with van der Waals surface area (Å²) in [5, 5.41) is 9.29. The summed E-state index contributed by atoms with van der Waals surface area (Å²) in [4.78, 5) is 10.5. The molecule has 0 saturated carbocycles. The Labute approximate surface area is 83.5 Å². The number of phenols is 1. The third kappa shape index (κ3) is 2.06. The maximum Gasteiger partial charge on any atom is 0.510 e. The first-order chi connectivity index (χ1) is 6.91. The summed E-state index contributed by atoms with van der Waals surface area (Å²) >= 11 is 0. The van der Waals surface area contributed by atoms with Crippen LogP contribution in [-0.2, 0) is 0 Å². The predicted octanol–water partition coefficient (Wildman–Crippen LogP) is 1.27. The van der Waals surface area contributed by atoms with E-state index < -0.39 is 23.8 Å². The summed E-state index contributed by atoms with van der Waals surface area (Å²) in [6.45, 7) is -5.33. The molecule has 0 aliphatic rings. The number of hydrogen-bond donors (Lipinski definition) is 1. The van der Waals surface area contributed by atoms with Gasteiger partial charge in [-0.2, -0.15) is 0 Å². The minimum Gasteiger partial charge on any atom is -0.504 e. The molecule has 0 spiro atoms. The zero-order valence-electron chi connectivity index (χ0n) is 7.71. The third-order valence-corrected chi connectivity index (χ3v) is 1.90. The first-order valence-electron chi connectivity index (χ1n) is 3.96. The molecule has 0 saturated heterocycles. The van der Waals surface area contributed by atoms with Gasteiger partial charge in [-0.05, 0) is 6.07 Å². The van der Waals surface area contributed by atoms with Crippen molar-refractivity contribution in [1.82, 2.24) is 0 Å². The highest BCUT2D eigenvalue weighted by molar-refractivity contribution is 6.74. The third-order valence-electron chi connectivity index (χ3n) is 1.90. The molecule has 1 rings (SSSR count). The second-order valence-corrected chi connectivity index (χ2v) is 2.81. The number of rotatable bonds is 3. The van der Waals surface area contributed by atoms with Gasteiger partial charge in [0.2, 0.25) is 0 Å². The maximum absolute atomic E-state index is 12.4. The van der Waals surface area contributed by atoms with Crippen LogP contribution in [0.1, 0.15) is 10.4 Å². The van der Waals surface area contributed by atoms with Crippen LogP contribution in [0.3, 0.4) is 0 Å². The lowest BCUT2D eigenvalue weighted by Gasteiger charge is -2.18. The number of hydrogen-bond acceptors (Lipinski definition) is 3. The zero-order valence-corrected chi connectivity index (χ0v) is 7.71. The normalized spacial score (nSPS) is 11.2. The first-order valence-corrected chi connectivity index (χ1v) is 3.96. The first kappa shape index (κ1) is 11.4. The Balaban J connectivity index is 3.44. The maximum atomic E-state index is 12.4. The van der Waals surface area contributed by atoms with Crippen LogP contribution in [0.25, 0.3) is 0 Å². The monoisotopic (exact) mass is 219 g/mol. The van der Waals surface area contributed by atoms with E-state index in [4.69, 9.17) is 0 Å². The van der Waals surface area contributed by atoms with Crippen LogP contribution in [-0.4, -0.2) is 25.5 Å². The number of aromatic hydroxyl groups is 1. The lowest BCUT2D eigenvalue weighted by atomic mass is 9.76. The molecule has 0 heterocycles. The molecule has 15 heavy (non-hydrogen) atoms. The van der Waals surface area contributed by atoms with Gasteiger partial charge in [0.15, 0.2) is 17.8 Å². The van der Waals surface area contributed by atoms with Crippen molar-refractivity contribution in [3.05, 3.63) is 17.7 Å². The van der Waals surface area contributed by atoms with Gasteiger partial charge in [-0.25, -0.2) is 0 Å². The highest BCUT2D eigenvalue weighted by atomic mass is 19.4. The number of phenolic OH excluding ortho intramolecular Hbond substituents is 1. The average molecular weight is 219 g/mol. The smallest absolute Gasteiger partial charge is 0.504 e. The van der Waals surface area contributed by atoms with E-state index in [9.17, 15) is 22.8 Å². The second kappa shape index (κ2) is 3.84. The van der Waals surface area contributed by atoms with E-state index in [0.29, 0.717) is 6.07 Å². The molecule has 3 nitrogen and oxygen atoms in total. The number of aldehydes is 1. The van der Waals surface area contributed by atoms with Crippen molar-refractivity contribution < 1.29 is 27.6 Å². The van der Waals surface area contributed by atoms with E-state index in [2.05, 4.69) is 4.74 Å². The van der Waals surface area contributed by atoms with E-state index in [1.807, 2.05) is 0 Å². The number of halogens is 3. The minimum absolute atomic E-state index is 0.0393. The van der Waals surface area contributed by atoms with Crippen LogP contribution in [0.15, 0.2) is 12.1 Å². The molecule has 0 atom stereocenters. The molecule has 1 aromatic carbocycles. The second-order valence-electron chi connectivity index (χ2n) is 2.81. The van der Waals surface area contributed by atoms with E-state index in [1.165, 1.54) is 7.11 Å². The van der Waals surface area contributed by atoms with Gasteiger partial charge in [0.05, 0.1) is 7.11 Å². The Morgan fingerprint density at radius 3 is 2.40 bits per heavy atom. The average Bonchev–Trinajstić information content (AvgIpc) is 2.15. The van der Waals surface area contributed by atoms with E-state index >= 15 is 0 Å². The molecule has 0 radical (unpaired) electrons. The summed E-state index contributed by atoms with van der Waals surface area (Å²) in [7, 11) is 1.18. The van der Waals surface area contributed by atoms with Crippen LogP contribution in [0.4, 0.5) is 12.9 Å². The molecule has 7 heteroatoms. The van der Waals surface area contributed by atoms with Crippen LogP contribution >= 0.6 is 0 Å². The number of carbonyl (C=O) groups is 1. The quantitative estimate of drug-likeness (QED) is 0.614. The molecular weight excluding hydrogens is 212 g/mol. The Hall–Kier alpha value is -1.66.